The second-order valence-electron chi connectivity index (χ2n) is 4.42. The molecule has 20 heavy (non-hydrogen) atoms. The molecule has 0 bridgehead atoms. The van der Waals surface area contributed by atoms with E-state index in [1.165, 1.54) is 11.1 Å². The Hall–Kier alpha value is -2.44. The Morgan fingerprint density at radius 3 is 2.75 bits per heavy atom. The summed E-state index contributed by atoms with van der Waals surface area (Å²) in [5.41, 5.74) is 2.28. The largest absolute Gasteiger partial charge is 0.485 e. The van der Waals surface area contributed by atoms with Crippen molar-refractivity contribution >= 4 is 22.7 Å². The third-order valence-electron chi connectivity index (χ3n) is 3.17. The fourth-order valence-corrected chi connectivity index (χ4v) is 2.15. The van der Waals surface area contributed by atoms with E-state index in [2.05, 4.69) is 16.8 Å². The van der Waals surface area contributed by atoms with Crippen LogP contribution in [0.25, 0.3) is 17.0 Å². The molecule has 0 saturated heterocycles. The van der Waals surface area contributed by atoms with Crippen LogP contribution >= 0.6 is 0 Å². The van der Waals surface area contributed by atoms with E-state index in [1.807, 2.05) is 0 Å². The lowest BCUT2D eigenvalue weighted by atomic mass is 10.1. The van der Waals surface area contributed by atoms with Crippen LogP contribution in [-0.2, 0) is 0 Å². The Morgan fingerprint density at radius 1 is 1.30 bits per heavy atom. The maximum absolute atomic E-state index is 12.6. The number of fused-ring (bicyclic) bond motifs is 1. The quantitative estimate of drug-likeness (QED) is 0.857. The summed E-state index contributed by atoms with van der Waals surface area (Å²) >= 11 is 0. The van der Waals surface area contributed by atoms with Crippen LogP contribution in [0.1, 0.15) is 5.56 Å². The number of aromatic nitrogens is 2. The Balaban J connectivity index is 1.96. The van der Waals surface area contributed by atoms with E-state index in [4.69, 9.17) is 0 Å². The fraction of sp³-hybridized carbons (Fsp3) is 0.154. The molecule has 104 valence electrons. The van der Waals surface area contributed by atoms with Gasteiger partial charge in [-0.1, -0.05) is 12.7 Å². The Kier molecular flexibility index (Phi) is 2.70. The molecule has 1 N–H and O–H groups in total. The van der Waals surface area contributed by atoms with Gasteiger partial charge in [-0.2, -0.15) is 18.3 Å². The smallest absolute Gasteiger partial charge is 0.328 e. The molecule has 0 amide bonds. The molecule has 7 heteroatoms. The first-order valence-electron chi connectivity index (χ1n) is 5.87. The number of nitrogens with zero attached hydrogens (tertiary/aromatic N) is 3. The number of aromatic amines is 1. The first-order valence-corrected chi connectivity index (χ1v) is 5.87. The topological polar surface area (TPSA) is 35.2 Å². The van der Waals surface area contributed by atoms with Gasteiger partial charge in [-0.05, 0) is 12.1 Å². The molecule has 4 nitrogen and oxygen atoms in total. The van der Waals surface area contributed by atoms with Crippen molar-refractivity contribution in [3.8, 4) is 0 Å². The molecule has 0 unspecified atom stereocenters. The summed E-state index contributed by atoms with van der Waals surface area (Å²) in [5.74, 6) is 0. The van der Waals surface area contributed by atoms with Gasteiger partial charge in [0.15, 0.2) is 0 Å². The molecule has 0 spiro atoms. The van der Waals surface area contributed by atoms with Gasteiger partial charge in [0.25, 0.3) is 0 Å². The van der Waals surface area contributed by atoms with E-state index in [0.717, 1.165) is 22.7 Å². The van der Waals surface area contributed by atoms with Crippen LogP contribution in [0.4, 0.5) is 18.9 Å². The molecule has 0 fully saturated rings. The highest BCUT2D eigenvalue weighted by molar-refractivity contribution is 5.90. The van der Waals surface area contributed by atoms with E-state index in [1.54, 1.807) is 24.4 Å². The average Bonchev–Trinajstić information content (AvgIpc) is 3.05. The molecule has 3 rings (SSSR count). The van der Waals surface area contributed by atoms with Gasteiger partial charge in [0.2, 0.25) is 0 Å². The van der Waals surface area contributed by atoms with E-state index in [9.17, 15) is 13.2 Å². The van der Waals surface area contributed by atoms with Gasteiger partial charge in [-0.25, -0.2) is 0 Å². The van der Waals surface area contributed by atoms with Gasteiger partial charge in [-0.3, -0.25) is 10.00 Å². The lowest BCUT2D eigenvalue weighted by Crippen LogP contribution is -2.36. The van der Waals surface area contributed by atoms with Gasteiger partial charge >= 0.3 is 6.30 Å². The van der Waals surface area contributed by atoms with Crippen molar-refractivity contribution in [2.75, 3.05) is 11.6 Å². The fourth-order valence-electron chi connectivity index (χ4n) is 2.15. The molecule has 1 aromatic heterocycles. The molecule has 2 heterocycles. The predicted octanol–water partition coefficient (Wildman–Crippen LogP) is 3.28. The molecule has 1 aromatic carbocycles. The minimum absolute atomic E-state index is 0.260. The summed E-state index contributed by atoms with van der Waals surface area (Å²) in [6.45, 7) is 3.45. The Labute approximate surface area is 112 Å². The van der Waals surface area contributed by atoms with Gasteiger partial charge in [0.1, 0.15) is 6.67 Å². The molecule has 0 saturated carbocycles. The highest BCUT2D eigenvalue weighted by atomic mass is 19.4. The Morgan fingerprint density at radius 2 is 2.10 bits per heavy atom. The predicted molar refractivity (Wildman–Crippen MR) is 70.6 cm³/mol. The minimum atomic E-state index is -4.37. The van der Waals surface area contributed by atoms with Gasteiger partial charge in [0, 0.05) is 29.0 Å². The normalized spacial score (nSPS) is 15.3. The van der Waals surface area contributed by atoms with Crippen LogP contribution in [0.2, 0.25) is 0 Å². The van der Waals surface area contributed by atoms with Gasteiger partial charge in [-0.15, -0.1) is 0 Å². The highest BCUT2D eigenvalue weighted by Crippen LogP contribution is 2.31. The zero-order chi connectivity index (χ0) is 14.3. The van der Waals surface area contributed by atoms with Crippen molar-refractivity contribution in [2.45, 2.75) is 6.30 Å². The van der Waals surface area contributed by atoms with Crippen molar-refractivity contribution in [3.05, 3.63) is 42.9 Å². The molecule has 0 atom stereocenters. The summed E-state index contributed by atoms with van der Waals surface area (Å²) in [6.07, 6.45) is 1.33. The van der Waals surface area contributed by atoms with Crippen molar-refractivity contribution in [1.82, 2.24) is 15.1 Å². The average molecular weight is 280 g/mol. The number of rotatable bonds is 2. The van der Waals surface area contributed by atoms with E-state index < -0.39 is 6.30 Å². The van der Waals surface area contributed by atoms with Crippen LogP contribution in [0.15, 0.2) is 37.3 Å². The standard InChI is InChI=1S/C13H11F3N4/c1-2-9-5-11(6-10-7-17-18-12(9)10)19-3-4-20(8-19)13(14,15)16/h2-7H,1,8H2,(H,17,18). The van der Waals surface area contributed by atoms with E-state index >= 15 is 0 Å². The second kappa shape index (κ2) is 4.29. The van der Waals surface area contributed by atoms with Crippen molar-refractivity contribution in [3.63, 3.8) is 0 Å². The van der Waals surface area contributed by atoms with Crippen LogP contribution in [0.5, 0.6) is 0 Å². The van der Waals surface area contributed by atoms with Crippen molar-refractivity contribution in [1.29, 1.82) is 0 Å². The van der Waals surface area contributed by atoms with Crippen molar-refractivity contribution in [2.24, 2.45) is 0 Å². The minimum Gasteiger partial charge on any atom is -0.328 e. The summed E-state index contributed by atoms with van der Waals surface area (Å²) < 4.78 is 37.8. The number of alkyl halides is 3. The number of nitrogens with one attached hydrogen (secondary N) is 1. The van der Waals surface area contributed by atoms with Gasteiger partial charge < -0.3 is 4.90 Å². The van der Waals surface area contributed by atoms with Crippen LogP contribution < -0.4 is 4.90 Å². The third kappa shape index (κ3) is 2.01. The summed E-state index contributed by atoms with van der Waals surface area (Å²) in [5, 5.41) is 7.60. The van der Waals surface area contributed by atoms with Crippen LogP contribution in [-0.4, -0.2) is 28.1 Å². The molecular formula is C13H11F3N4. The maximum atomic E-state index is 12.6. The lowest BCUT2D eigenvalue weighted by molar-refractivity contribution is -0.224. The number of halogens is 3. The summed E-state index contributed by atoms with van der Waals surface area (Å²) in [7, 11) is 0. The molecule has 1 aliphatic rings. The lowest BCUT2D eigenvalue weighted by Gasteiger charge is -2.23. The van der Waals surface area contributed by atoms with Gasteiger partial charge in [0.05, 0.1) is 11.7 Å². The van der Waals surface area contributed by atoms with E-state index in [0.29, 0.717) is 10.6 Å². The first kappa shape index (κ1) is 12.6. The second-order valence-corrected chi connectivity index (χ2v) is 4.42. The summed E-state index contributed by atoms with van der Waals surface area (Å²) in [6, 6.07) is 3.56. The number of hydrogen-bond donors (Lipinski definition) is 1. The highest BCUT2D eigenvalue weighted by Gasteiger charge is 2.38. The zero-order valence-electron chi connectivity index (χ0n) is 10.4. The molecule has 1 aliphatic heterocycles. The molecule has 0 radical (unpaired) electrons. The van der Waals surface area contributed by atoms with Crippen LogP contribution in [0.3, 0.4) is 0 Å². The Bertz CT molecular complexity index is 686. The number of H-pyrrole nitrogens is 1. The SMILES string of the molecule is C=Cc1cc(N2C=CN(C(F)(F)F)C2)cc2cn[nH]c12. The number of hydrogen-bond acceptors (Lipinski definition) is 3. The van der Waals surface area contributed by atoms with Crippen molar-refractivity contribution < 1.29 is 13.2 Å². The number of benzene rings is 1. The van der Waals surface area contributed by atoms with Crippen LogP contribution in [0, 0.1) is 0 Å². The monoisotopic (exact) mass is 280 g/mol. The number of anilines is 1. The first-order chi connectivity index (χ1) is 9.49. The summed E-state index contributed by atoms with van der Waals surface area (Å²) in [4.78, 5) is 1.84. The molecule has 2 aromatic rings. The maximum Gasteiger partial charge on any atom is 0.485 e. The zero-order valence-corrected chi connectivity index (χ0v) is 10.4. The third-order valence-corrected chi connectivity index (χ3v) is 3.17. The molecule has 0 aliphatic carbocycles. The van der Waals surface area contributed by atoms with E-state index in [-0.39, 0.29) is 6.67 Å². The molecular weight excluding hydrogens is 269 g/mol.